The molecule has 1 rings (SSSR count). The molecule has 0 bridgehead atoms. The number of hydrogen-bond acceptors (Lipinski definition) is 4. The summed E-state index contributed by atoms with van der Waals surface area (Å²) in [6, 6.07) is 1.24. The van der Waals surface area contributed by atoms with E-state index in [9.17, 15) is 13.6 Å². The van der Waals surface area contributed by atoms with Crippen LogP contribution in [0.5, 0.6) is 5.75 Å². The summed E-state index contributed by atoms with van der Waals surface area (Å²) in [7, 11) is 2.45. The van der Waals surface area contributed by atoms with Crippen molar-refractivity contribution in [3.63, 3.8) is 0 Å². The fourth-order valence-corrected chi connectivity index (χ4v) is 1.51. The standard InChI is InChI=1S/C10H10ClF2NO3/c1-16-6-3-5(4-7(15)17-2)14-9(11)8(6)10(12)13/h3,10H,4H2,1-2H3. The molecule has 4 nitrogen and oxygen atoms in total. The predicted octanol–water partition coefficient (Wildman–Crippen LogP) is 2.40. The van der Waals surface area contributed by atoms with Crippen molar-refractivity contribution in [1.29, 1.82) is 0 Å². The molecule has 0 saturated heterocycles. The number of aromatic nitrogens is 1. The first kappa shape index (κ1) is 13.6. The lowest BCUT2D eigenvalue weighted by Gasteiger charge is -2.10. The minimum atomic E-state index is -2.79. The zero-order valence-corrected chi connectivity index (χ0v) is 9.92. The number of halogens is 3. The second kappa shape index (κ2) is 5.77. The fourth-order valence-electron chi connectivity index (χ4n) is 1.23. The van der Waals surface area contributed by atoms with Crippen molar-refractivity contribution in [3.05, 3.63) is 22.5 Å². The molecule has 0 aliphatic heterocycles. The molecule has 1 aromatic heterocycles. The average molecular weight is 266 g/mol. The molecule has 7 heteroatoms. The van der Waals surface area contributed by atoms with Crippen LogP contribution in [0.15, 0.2) is 6.07 Å². The SMILES string of the molecule is COC(=O)Cc1cc(OC)c(C(F)F)c(Cl)n1. The molecule has 0 saturated carbocycles. The smallest absolute Gasteiger partial charge is 0.311 e. The van der Waals surface area contributed by atoms with Crippen molar-refractivity contribution >= 4 is 17.6 Å². The maximum absolute atomic E-state index is 12.6. The zero-order chi connectivity index (χ0) is 13.0. The summed E-state index contributed by atoms with van der Waals surface area (Å²) in [6.07, 6.45) is -2.95. The van der Waals surface area contributed by atoms with Crippen LogP contribution < -0.4 is 4.74 Å². The number of alkyl halides is 2. The Kier molecular flexibility index (Phi) is 4.62. The average Bonchev–Trinajstić information content (AvgIpc) is 2.27. The highest BCUT2D eigenvalue weighted by atomic mass is 35.5. The van der Waals surface area contributed by atoms with E-state index in [0.717, 1.165) is 0 Å². The predicted molar refractivity (Wildman–Crippen MR) is 56.5 cm³/mol. The van der Waals surface area contributed by atoms with Gasteiger partial charge in [0.1, 0.15) is 10.9 Å². The number of rotatable bonds is 4. The Morgan fingerprint density at radius 3 is 2.65 bits per heavy atom. The number of pyridine rings is 1. The van der Waals surface area contributed by atoms with E-state index in [2.05, 4.69) is 9.72 Å². The minimum absolute atomic E-state index is 0.0982. The van der Waals surface area contributed by atoms with Crippen LogP contribution >= 0.6 is 11.6 Å². The molecule has 0 aromatic carbocycles. The highest BCUT2D eigenvalue weighted by molar-refractivity contribution is 6.30. The molecular formula is C10H10ClF2NO3. The van der Waals surface area contributed by atoms with Crippen molar-refractivity contribution in [2.45, 2.75) is 12.8 Å². The molecule has 0 unspecified atom stereocenters. The van der Waals surface area contributed by atoms with Crippen molar-refractivity contribution < 1.29 is 23.0 Å². The number of methoxy groups -OCH3 is 2. The van der Waals surface area contributed by atoms with Gasteiger partial charge in [-0.1, -0.05) is 11.6 Å². The van der Waals surface area contributed by atoms with Crippen LogP contribution in [-0.2, 0) is 16.0 Å². The summed E-state index contributed by atoms with van der Waals surface area (Å²) in [5.41, 5.74) is -0.272. The maximum Gasteiger partial charge on any atom is 0.311 e. The molecule has 0 radical (unpaired) electrons. The first-order valence-electron chi connectivity index (χ1n) is 4.57. The van der Waals surface area contributed by atoms with Crippen LogP contribution in [0.4, 0.5) is 8.78 Å². The molecule has 0 N–H and O–H groups in total. The van der Waals surface area contributed by atoms with E-state index in [0.29, 0.717) is 0 Å². The van der Waals surface area contributed by atoms with Gasteiger partial charge in [-0.3, -0.25) is 4.79 Å². The van der Waals surface area contributed by atoms with Gasteiger partial charge in [-0.25, -0.2) is 13.8 Å². The first-order valence-corrected chi connectivity index (χ1v) is 4.95. The minimum Gasteiger partial charge on any atom is -0.496 e. The van der Waals surface area contributed by atoms with E-state index in [1.54, 1.807) is 0 Å². The second-order valence-electron chi connectivity index (χ2n) is 3.07. The molecule has 1 aromatic rings. The lowest BCUT2D eigenvalue weighted by Crippen LogP contribution is -2.08. The summed E-state index contributed by atoms with van der Waals surface area (Å²) in [5, 5.41) is -0.377. The van der Waals surface area contributed by atoms with Crippen molar-refractivity contribution in [2.24, 2.45) is 0 Å². The Balaban J connectivity index is 3.13. The molecule has 0 aliphatic carbocycles. The molecule has 0 spiro atoms. The van der Waals surface area contributed by atoms with Gasteiger partial charge >= 0.3 is 5.97 Å². The largest absolute Gasteiger partial charge is 0.496 e. The molecule has 94 valence electrons. The van der Waals surface area contributed by atoms with Crippen LogP contribution in [0, 0.1) is 0 Å². The summed E-state index contributed by atoms with van der Waals surface area (Å²) in [6.45, 7) is 0. The van der Waals surface area contributed by atoms with Gasteiger partial charge in [0.05, 0.1) is 31.9 Å². The molecule has 17 heavy (non-hydrogen) atoms. The van der Waals surface area contributed by atoms with E-state index in [1.807, 2.05) is 0 Å². The monoisotopic (exact) mass is 265 g/mol. The quantitative estimate of drug-likeness (QED) is 0.620. The van der Waals surface area contributed by atoms with Crippen LogP contribution in [0.3, 0.4) is 0 Å². The van der Waals surface area contributed by atoms with Gasteiger partial charge in [-0.15, -0.1) is 0 Å². The highest BCUT2D eigenvalue weighted by Gasteiger charge is 2.21. The van der Waals surface area contributed by atoms with E-state index in [4.69, 9.17) is 16.3 Å². The summed E-state index contributed by atoms with van der Waals surface area (Å²) in [4.78, 5) is 14.7. The van der Waals surface area contributed by atoms with E-state index in [1.165, 1.54) is 20.3 Å². The summed E-state index contributed by atoms with van der Waals surface area (Å²) >= 11 is 5.61. The van der Waals surface area contributed by atoms with Gasteiger partial charge in [0.15, 0.2) is 0 Å². The van der Waals surface area contributed by atoms with Gasteiger partial charge in [-0.05, 0) is 0 Å². The van der Waals surface area contributed by atoms with E-state index in [-0.39, 0.29) is 23.0 Å². The molecule has 1 heterocycles. The third-order valence-corrected chi connectivity index (χ3v) is 2.31. The Hall–Kier alpha value is -1.43. The molecule has 0 fully saturated rings. The Labute approximate surface area is 101 Å². The number of carbonyl (C=O) groups excluding carboxylic acids is 1. The van der Waals surface area contributed by atoms with Crippen molar-refractivity contribution in [1.82, 2.24) is 4.98 Å². The fraction of sp³-hybridized carbons (Fsp3) is 0.400. The van der Waals surface area contributed by atoms with Gasteiger partial charge in [0, 0.05) is 6.07 Å². The van der Waals surface area contributed by atoms with Crippen LogP contribution in [0.25, 0.3) is 0 Å². The highest BCUT2D eigenvalue weighted by Crippen LogP contribution is 2.34. The van der Waals surface area contributed by atoms with Gasteiger partial charge in [0.2, 0.25) is 0 Å². The molecule has 0 aliphatic rings. The Bertz CT molecular complexity index is 426. The number of nitrogens with zero attached hydrogens (tertiary/aromatic N) is 1. The maximum atomic E-state index is 12.6. The second-order valence-corrected chi connectivity index (χ2v) is 3.43. The molecule has 0 atom stereocenters. The Morgan fingerprint density at radius 1 is 1.53 bits per heavy atom. The van der Waals surface area contributed by atoms with Crippen molar-refractivity contribution in [3.8, 4) is 5.75 Å². The molecule has 0 amide bonds. The van der Waals surface area contributed by atoms with Gasteiger partial charge in [-0.2, -0.15) is 0 Å². The summed E-state index contributed by atoms with van der Waals surface area (Å²) < 4.78 is 34.5. The van der Waals surface area contributed by atoms with Crippen LogP contribution in [-0.4, -0.2) is 25.2 Å². The summed E-state index contributed by atoms with van der Waals surface area (Å²) in [5.74, 6) is -0.640. The topological polar surface area (TPSA) is 48.4 Å². The number of hydrogen-bond donors (Lipinski definition) is 0. The van der Waals surface area contributed by atoms with E-state index >= 15 is 0 Å². The van der Waals surface area contributed by atoms with Crippen LogP contribution in [0.2, 0.25) is 5.15 Å². The molecular weight excluding hydrogens is 256 g/mol. The lowest BCUT2D eigenvalue weighted by molar-refractivity contribution is -0.139. The number of esters is 1. The normalized spacial score (nSPS) is 10.5. The van der Waals surface area contributed by atoms with Gasteiger partial charge < -0.3 is 9.47 Å². The lowest BCUT2D eigenvalue weighted by atomic mass is 10.2. The third-order valence-electron chi connectivity index (χ3n) is 2.02. The number of carbonyl (C=O) groups is 1. The third kappa shape index (κ3) is 3.26. The first-order chi connectivity index (χ1) is 7.99. The number of ether oxygens (including phenoxy) is 2. The van der Waals surface area contributed by atoms with Crippen molar-refractivity contribution in [2.75, 3.05) is 14.2 Å². The van der Waals surface area contributed by atoms with E-state index < -0.39 is 18.0 Å². The Morgan fingerprint density at radius 2 is 2.18 bits per heavy atom. The zero-order valence-electron chi connectivity index (χ0n) is 9.17. The van der Waals surface area contributed by atoms with Crippen LogP contribution in [0.1, 0.15) is 17.7 Å². The van der Waals surface area contributed by atoms with Gasteiger partial charge in [0.25, 0.3) is 6.43 Å².